The lowest BCUT2D eigenvalue weighted by Gasteiger charge is -2.25. The van der Waals surface area contributed by atoms with Crippen molar-refractivity contribution in [3.63, 3.8) is 0 Å². The van der Waals surface area contributed by atoms with E-state index in [2.05, 4.69) is 4.72 Å². The number of ether oxygens (including phenoxy) is 2. The highest BCUT2D eigenvalue weighted by atomic mass is 32.2. The molecule has 0 atom stereocenters. The summed E-state index contributed by atoms with van der Waals surface area (Å²) >= 11 is 0. The first kappa shape index (κ1) is 16.2. The Morgan fingerprint density at radius 3 is 2.78 bits per heavy atom. The molecule has 2 aliphatic heterocycles. The van der Waals surface area contributed by atoms with E-state index < -0.39 is 15.9 Å². The summed E-state index contributed by atoms with van der Waals surface area (Å²) in [5.41, 5.74) is 0.861. The molecule has 1 saturated heterocycles. The van der Waals surface area contributed by atoms with Crippen LogP contribution in [0.1, 0.15) is 12.0 Å². The summed E-state index contributed by atoms with van der Waals surface area (Å²) in [6.45, 7) is 3.08. The molecule has 0 spiro atoms. The molecule has 1 aromatic carbocycles. The van der Waals surface area contributed by atoms with Gasteiger partial charge in [0.25, 0.3) is 10.0 Å². The first-order valence-corrected chi connectivity index (χ1v) is 9.14. The van der Waals surface area contributed by atoms with E-state index >= 15 is 0 Å². The Kier molecular flexibility index (Phi) is 4.84. The number of benzene rings is 1. The van der Waals surface area contributed by atoms with Crippen molar-refractivity contribution in [3.8, 4) is 5.75 Å². The molecule has 0 aromatic heterocycles. The third-order valence-corrected chi connectivity index (χ3v) is 5.28. The Hall–Kier alpha value is -1.64. The van der Waals surface area contributed by atoms with Crippen LogP contribution < -0.4 is 9.46 Å². The number of hydrogen-bond acceptors (Lipinski definition) is 6. The van der Waals surface area contributed by atoms with Crippen molar-refractivity contribution in [2.75, 3.05) is 39.5 Å². The van der Waals surface area contributed by atoms with Gasteiger partial charge in [-0.25, -0.2) is 13.1 Å². The van der Waals surface area contributed by atoms with Crippen LogP contribution in [0, 0.1) is 0 Å². The number of amides is 1. The minimum atomic E-state index is -3.86. The molecule has 1 N–H and O–H groups in total. The SMILES string of the molecule is O=C(CN1CCOCC1)NS(=O)(=O)c1ccc2c(c1)CCCO2. The molecule has 0 saturated carbocycles. The zero-order valence-corrected chi connectivity index (χ0v) is 13.6. The van der Waals surface area contributed by atoms with Crippen molar-refractivity contribution >= 4 is 15.9 Å². The smallest absolute Gasteiger partial charge is 0.264 e. The highest BCUT2D eigenvalue weighted by Crippen LogP contribution is 2.27. The fourth-order valence-electron chi connectivity index (χ4n) is 2.71. The van der Waals surface area contributed by atoms with Crippen molar-refractivity contribution < 1.29 is 22.7 Å². The lowest BCUT2D eigenvalue weighted by Crippen LogP contribution is -2.44. The summed E-state index contributed by atoms with van der Waals surface area (Å²) in [5.74, 6) is 0.190. The molecule has 0 bridgehead atoms. The van der Waals surface area contributed by atoms with Crippen LogP contribution in [0.15, 0.2) is 23.1 Å². The van der Waals surface area contributed by atoms with E-state index in [0.717, 1.165) is 24.2 Å². The average molecular weight is 340 g/mol. The molecule has 7 nitrogen and oxygen atoms in total. The van der Waals surface area contributed by atoms with Gasteiger partial charge in [0.1, 0.15) is 5.75 Å². The highest BCUT2D eigenvalue weighted by molar-refractivity contribution is 7.90. The van der Waals surface area contributed by atoms with Gasteiger partial charge >= 0.3 is 0 Å². The summed E-state index contributed by atoms with van der Waals surface area (Å²) in [6.07, 6.45) is 1.64. The summed E-state index contributed by atoms with van der Waals surface area (Å²) in [4.78, 5) is 14.0. The Morgan fingerprint density at radius 1 is 1.22 bits per heavy atom. The van der Waals surface area contributed by atoms with E-state index in [1.54, 1.807) is 12.1 Å². The molecule has 1 aromatic rings. The van der Waals surface area contributed by atoms with Crippen LogP contribution >= 0.6 is 0 Å². The monoisotopic (exact) mass is 340 g/mol. The lowest BCUT2D eigenvalue weighted by atomic mass is 10.1. The van der Waals surface area contributed by atoms with Crippen molar-refractivity contribution in [1.29, 1.82) is 0 Å². The summed E-state index contributed by atoms with van der Waals surface area (Å²) in [5, 5.41) is 0. The van der Waals surface area contributed by atoms with Crippen LogP contribution in [-0.2, 0) is 26.0 Å². The normalized spacial score (nSPS) is 18.8. The predicted octanol–water partition coefficient (Wildman–Crippen LogP) is 0.149. The molecule has 8 heteroatoms. The number of nitrogens with one attached hydrogen (secondary N) is 1. The summed E-state index contributed by atoms with van der Waals surface area (Å²) < 4.78 is 37.5. The third-order valence-electron chi connectivity index (χ3n) is 3.91. The van der Waals surface area contributed by atoms with Gasteiger partial charge < -0.3 is 9.47 Å². The number of carbonyl (C=O) groups excluding carboxylic acids is 1. The van der Waals surface area contributed by atoms with Crippen LogP contribution in [0.2, 0.25) is 0 Å². The van der Waals surface area contributed by atoms with Gasteiger partial charge in [0.2, 0.25) is 5.91 Å². The molecule has 1 amide bonds. The largest absolute Gasteiger partial charge is 0.493 e. The van der Waals surface area contributed by atoms with Crippen LogP contribution in [0.3, 0.4) is 0 Å². The van der Waals surface area contributed by atoms with Crippen molar-refractivity contribution in [1.82, 2.24) is 9.62 Å². The minimum Gasteiger partial charge on any atom is -0.493 e. The van der Waals surface area contributed by atoms with Gasteiger partial charge in [-0.2, -0.15) is 0 Å². The van der Waals surface area contributed by atoms with Crippen molar-refractivity contribution in [2.45, 2.75) is 17.7 Å². The number of fused-ring (bicyclic) bond motifs is 1. The van der Waals surface area contributed by atoms with Crippen LogP contribution in [0.4, 0.5) is 0 Å². The fraction of sp³-hybridized carbons (Fsp3) is 0.533. The average Bonchev–Trinajstić information content (AvgIpc) is 2.54. The Balaban J connectivity index is 1.67. The first-order chi connectivity index (χ1) is 11.0. The predicted molar refractivity (Wildman–Crippen MR) is 82.8 cm³/mol. The Morgan fingerprint density at radius 2 is 2.00 bits per heavy atom. The fourth-order valence-corrected chi connectivity index (χ4v) is 3.73. The third kappa shape index (κ3) is 4.01. The standard InChI is InChI=1S/C15H20N2O5S/c18-15(11-17-5-8-21-9-6-17)16-23(19,20)13-3-4-14-12(10-13)2-1-7-22-14/h3-4,10H,1-2,5-9,11H2,(H,16,18). The number of aryl methyl sites for hydroxylation is 1. The second-order valence-corrected chi connectivity index (χ2v) is 7.32. The van der Waals surface area contributed by atoms with E-state index in [4.69, 9.17) is 9.47 Å². The maximum absolute atomic E-state index is 12.4. The van der Waals surface area contributed by atoms with Gasteiger partial charge in [-0.3, -0.25) is 9.69 Å². The maximum Gasteiger partial charge on any atom is 0.264 e. The molecular formula is C15H20N2O5S. The lowest BCUT2D eigenvalue weighted by molar-refractivity contribution is -0.121. The molecular weight excluding hydrogens is 320 g/mol. The molecule has 0 aliphatic carbocycles. The van der Waals surface area contributed by atoms with E-state index in [-0.39, 0.29) is 11.4 Å². The van der Waals surface area contributed by atoms with Gasteiger partial charge in [0.05, 0.1) is 31.3 Å². The second-order valence-electron chi connectivity index (χ2n) is 5.64. The number of morpholine rings is 1. The zero-order chi connectivity index (χ0) is 16.3. The summed E-state index contributed by atoms with van der Waals surface area (Å²) in [7, 11) is -3.86. The Bertz CT molecular complexity index is 683. The molecule has 2 heterocycles. The number of nitrogens with zero attached hydrogens (tertiary/aromatic N) is 1. The topological polar surface area (TPSA) is 84.9 Å². The number of hydrogen-bond donors (Lipinski definition) is 1. The van der Waals surface area contributed by atoms with E-state index in [1.165, 1.54) is 6.07 Å². The first-order valence-electron chi connectivity index (χ1n) is 7.66. The molecule has 126 valence electrons. The quantitative estimate of drug-likeness (QED) is 0.840. The molecule has 3 rings (SSSR count). The number of carbonyl (C=O) groups is 1. The van der Waals surface area contributed by atoms with Crippen LogP contribution in [0.5, 0.6) is 5.75 Å². The molecule has 0 unspecified atom stereocenters. The summed E-state index contributed by atoms with van der Waals surface area (Å²) in [6, 6.07) is 4.70. The van der Waals surface area contributed by atoms with Crippen LogP contribution in [-0.4, -0.2) is 58.7 Å². The van der Waals surface area contributed by atoms with Gasteiger partial charge in [-0.05, 0) is 36.6 Å². The number of sulfonamides is 1. The van der Waals surface area contributed by atoms with Gasteiger partial charge in [-0.1, -0.05) is 0 Å². The second kappa shape index (κ2) is 6.86. The van der Waals surface area contributed by atoms with E-state index in [9.17, 15) is 13.2 Å². The minimum absolute atomic E-state index is 0.0522. The molecule has 23 heavy (non-hydrogen) atoms. The molecule has 1 fully saturated rings. The highest BCUT2D eigenvalue weighted by Gasteiger charge is 2.22. The zero-order valence-electron chi connectivity index (χ0n) is 12.8. The van der Waals surface area contributed by atoms with E-state index in [0.29, 0.717) is 32.9 Å². The Labute approximate surface area is 135 Å². The molecule has 2 aliphatic rings. The van der Waals surface area contributed by atoms with Gasteiger partial charge in [0.15, 0.2) is 0 Å². The van der Waals surface area contributed by atoms with E-state index in [1.807, 2.05) is 4.90 Å². The van der Waals surface area contributed by atoms with Gasteiger partial charge in [0, 0.05) is 13.1 Å². The number of rotatable bonds is 4. The van der Waals surface area contributed by atoms with Crippen LogP contribution in [0.25, 0.3) is 0 Å². The van der Waals surface area contributed by atoms with Gasteiger partial charge in [-0.15, -0.1) is 0 Å². The maximum atomic E-state index is 12.4. The van der Waals surface area contributed by atoms with Crippen molar-refractivity contribution in [3.05, 3.63) is 23.8 Å². The molecule has 0 radical (unpaired) electrons. The van der Waals surface area contributed by atoms with Crippen molar-refractivity contribution in [2.24, 2.45) is 0 Å².